The lowest BCUT2D eigenvalue weighted by Gasteiger charge is -2.05. The van der Waals surface area contributed by atoms with Gasteiger partial charge in [-0.15, -0.1) is 0 Å². The lowest BCUT2D eigenvalue weighted by molar-refractivity contribution is 0.0695. The molecule has 6 heteroatoms. The van der Waals surface area contributed by atoms with Crippen molar-refractivity contribution < 1.29 is 9.90 Å². The summed E-state index contributed by atoms with van der Waals surface area (Å²) in [4.78, 5) is 11.3. The van der Waals surface area contributed by atoms with Gasteiger partial charge in [-0.25, -0.2) is 9.48 Å². The van der Waals surface area contributed by atoms with E-state index in [0.717, 1.165) is 18.4 Å². The molecule has 1 heterocycles. The average molecular weight is 311 g/mol. The predicted octanol–water partition coefficient (Wildman–Crippen LogP) is 3.81. The Morgan fingerprint density at radius 2 is 2.05 bits per heavy atom. The third kappa shape index (κ3) is 2.41. The van der Waals surface area contributed by atoms with Crippen molar-refractivity contribution in [3.05, 3.63) is 51.3 Å². The first-order chi connectivity index (χ1) is 9.58. The number of rotatable bonds is 4. The van der Waals surface area contributed by atoms with Crippen LogP contribution >= 0.6 is 23.2 Å². The zero-order valence-electron chi connectivity index (χ0n) is 10.5. The van der Waals surface area contributed by atoms with E-state index in [1.165, 1.54) is 4.68 Å². The molecule has 1 aromatic heterocycles. The largest absolute Gasteiger partial charge is 0.478 e. The Hall–Kier alpha value is -1.52. The Morgan fingerprint density at radius 1 is 1.35 bits per heavy atom. The Labute approximate surface area is 125 Å². The molecule has 1 N–H and O–H groups in total. The van der Waals surface area contributed by atoms with E-state index < -0.39 is 5.97 Å². The molecule has 0 saturated heterocycles. The summed E-state index contributed by atoms with van der Waals surface area (Å²) in [5.74, 6) is -0.798. The molecule has 3 rings (SSSR count). The fraction of sp³-hybridized carbons (Fsp3) is 0.286. The van der Waals surface area contributed by atoms with Gasteiger partial charge in [-0.2, -0.15) is 5.10 Å². The number of carbonyl (C=O) groups is 1. The van der Waals surface area contributed by atoms with E-state index in [-0.39, 0.29) is 16.6 Å². The van der Waals surface area contributed by atoms with Crippen molar-refractivity contribution in [2.45, 2.75) is 25.3 Å². The Morgan fingerprint density at radius 3 is 2.65 bits per heavy atom. The van der Waals surface area contributed by atoms with Crippen molar-refractivity contribution in [1.29, 1.82) is 0 Å². The predicted molar refractivity (Wildman–Crippen MR) is 76.7 cm³/mol. The number of benzene rings is 1. The van der Waals surface area contributed by atoms with Gasteiger partial charge in [-0.1, -0.05) is 41.4 Å². The highest BCUT2D eigenvalue weighted by molar-refractivity contribution is 6.33. The van der Waals surface area contributed by atoms with Crippen LogP contribution in [0.3, 0.4) is 0 Å². The standard InChI is InChI=1S/C14H12Cl2N2O2/c15-10-4-2-1-3-9(10)7-18-13(16)11(14(19)20)12(17-18)8-5-6-8/h1-4,8H,5-7H2,(H,19,20). The molecular formula is C14H12Cl2N2O2. The summed E-state index contributed by atoms with van der Waals surface area (Å²) in [5.41, 5.74) is 1.58. The Balaban J connectivity index is 2.00. The number of hydrogen-bond acceptors (Lipinski definition) is 2. The van der Waals surface area contributed by atoms with Crippen LogP contribution in [0.2, 0.25) is 10.2 Å². The molecule has 0 aliphatic heterocycles. The summed E-state index contributed by atoms with van der Waals surface area (Å²) >= 11 is 12.3. The van der Waals surface area contributed by atoms with E-state index in [1.54, 1.807) is 6.07 Å². The first kappa shape index (κ1) is 13.5. The van der Waals surface area contributed by atoms with Crippen molar-refractivity contribution in [2.75, 3.05) is 0 Å². The fourth-order valence-electron chi connectivity index (χ4n) is 2.19. The van der Waals surface area contributed by atoms with Crippen molar-refractivity contribution >= 4 is 29.2 Å². The van der Waals surface area contributed by atoms with Gasteiger partial charge in [-0.3, -0.25) is 0 Å². The fourth-order valence-corrected chi connectivity index (χ4v) is 2.66. The molecule has 1 fully saturated rings. The van der Waals surface area contributed by atoms with Crippen LogP contribution in [0, 0.1) is 0 Å². The molecular weight excluding hydrogens is 299 g/mol. The monoisotopic (exact) mass is 310 g/mol. The van der Waals surface area contributed by atoms with Gasteiger partial charge in [0, 0.05) is 10.9 Å². The number of aromatic nitrogens is 2. The molecule has 1 aliphatic carbocycles. The van der Waals surface area contributed by atoms with E-state index >= 15 is 0 Å². The van der Waals surface area contributed by atoms with Crippen molar-refractivity contribution in [3.8, 4) is 0 Å². The number of aromatic carboxylic acids is 1. The summed E-state index contributed by atoms with van der Waals surface area (Å²) in [7, 11) is 0. The van der Waals surface area contributed by atoms with Crippen LogP contribution in [-0.2, 0) is 6.54 Å². The number of halogens is 2. The second-order valence-corrected chi connectivity index (χ2v) is 5.64. The summed E-state index contributed by atoms with van der Waals surface area (Å²) < 4.78 is 1.51. The van der Waals surface area contributed by atoms with Gasteiger partial charge in [0.15, 0.2) is 0 Å². The van der Waals surface area contributed by atoms with E-state index in [4.69, 9.17) is 23.2 Å². The van der Waals surface area contributed by atoms with Gasteiger partial charge in [0.1, 0.15) is 10.7 Å². The molecule has 2 aromatic rings. The molecule has 1 aromatic carbocycles. The van der Waals surface area contributed by atoms with E-state index in [9.17, 15) is 9.90 Å². The minimum Gasteiger partial charge on any atom is -0.478 e. The van der Waals surface area contributed by atoms with Gasteiger partial charge in [0.2, 0.25) is 0 Å². The highest BCUT2D eigenvalue weighted by atomic mass is 35.5. The number of carboxylic acid groups (broad SMARTS) is 1. The van der Waals surface area contributed by atoms with Gasteiger partial charge in [-0.05, 0) is 24.5 Å². The van der Waals surface area contributed by atoms with Crippen molar-refractivity contribution in [1.82, 2.24) is 9.78 Å². The first-order valence-corrected chi connectivity index (χ1v) is 7.06. The molecule has 0 atom stereocenters. The molecule has 1 aliphatic rings. The average Bonchev–Trinajstić information content (AvgIpc) is 3.18. The first-order valence-electron chi connectivity index (χ1n) is 6.31. The lowest BCUT2D eigenvalue weighted by Crippen LogP contribution is -2.03. The quantitative estimate of drug-likeness (QED) is 0.934. The number of nitrogens with zero attached hydrogens (tertiary/aromatic N) is 2. The van der Waals surface area contributed by atoms with Crippen LogP contribution in [0.1, 0.15) is 40.4 Å². The maximum Gasteiger partial charge on any atom is 0.340 e. The van der Waals surface area contributed by atoms with E-state index in [1.807, 2.05) is 18.2 Å². The Bertz CT molecular complexity index is 678. The summed E-state index contributed by atoms with van der Waals surface area (Å²) in [6.45, 7) is 0.367. The summed E-state index contributed by atoms with van der Waals surface area (Å²) in [5, 5.41) is 14.4. The minimum atomic E-state index is -1.03. The van der Waals surface area contributed by atoms with Crippen molar-refractivity contribution in [3.63, 3.8) is 0 Å². The topological polar surface area (TPSA) is 55.1 Å². The van der Waals surface area contributed by atoms with E-state index in [0.29, 0.717) is 17.3 Å². The molecule has 0 spiro atoms. The SMILES string of the molecule is O=C(O)c1c(C2CC2)nn(Cc2ccccc2Cl)c1Cl. The third-order valence-corrected chi connectivity index (χ3v) is 4.13. The second-order valence-electron chi connectivity index (χ2n) is 4.88. The number of hydrogen-bond donors (Lipinski definition) is 1. The zero-order chi connectivity index (χ0) is 14.3. The molecule has 0 amide bonds. The summed E-state index contributed by atoms with van der Waals surface area (Å²) in [6, 6.07) is 7.37. The third-order valence-electron chi connectivity index (χ3n) is 3.37. The van der Waals surface area contributed by atoms with Crippen LogP contribution in [0.4, 0.5) is 0 Å². The molecule has 104 valence electrons. The smallest absolute Gasteiger partial charge is 0.340 e. The van der Waals surface area contributed by atoms with Gasteiger partial charge in [0.05, 0.1) is 12.2 Å². The molecule has 4 nitrogen and oxygen atoms in total. The number of carboxylic acids is 1. The molecule has 0 radical (unpaired) electrons. The van der Waals surface area contributed by atoms with Crippen LogP contribution in [0.15, 0.2) is 24.3 Å². The Kier molecular flexibility index (Phi) is 3.44. The van der Waals surface area contributed by atoms with Crippen molar-refractivity contribution in [2.24, 2.45) is 0 Å². The highest BCUT2D eigenvalue weighted by Gasteiger charge is 2.34. The van der Waals surface area contributed by atoms with Crippen LogP contribution in [-0.4, -0.2) is 20.9 Å². The lowest BCUT2D eigenvalue weighted by atomic mass is 10.2. The highest BCUT2D eigenvalue weighted by Crippen LogP contribution is 2.42. The van der Waals surface area contributed by atoms with Crippen LogP contribution < -0.4 is 0 Å². The van der Waals surface area contributed by atoms with E-state index in [2.05, 4.69) is 5.10 Å². The van der Waals surface area contributed by atoms with Gasteiger partial charge < -0.3 is 5.11 Å². The summed E-state index contributed by atoms with van der Waals surface area (Å²) in [6.07, 6.45) is 1.94. The second kappa shape index (κ2) is 5.11. The van der Waals surface area contributed by atoms with Gasteiger partial charge >= 0.3 is 5.97 Å². The minimum absolute atomic E-state index is 0.126. The van der Waals surface area contributed by atoms with Gasteiger partial charge in [0.25, 0.3) is 0 Å². The molecule has 0 bridgehead atoms. The van der Waals surface area contributed by atoms with Crippen LogP contribution in [0.25, 0.3) is 0 Å². The molecule has 0 unspecified atom stereocenters. The maximum absolute atomic E-state index is 11.3. The maximum atomic E-state index is 11.3. The normalized spacial score (nSPS) is 14.5. The molecule has 20 heavy (non-hydrogen) atoms. The molecule has 1 saturated carbocycles. The van der Waals surface area contributed by atoms with Crippen LogP contribution in [0.5, 0.6) is 0 Å². The zero-order valence-corrected chi connectivity index (χ0v) is 12.0.